The fraction of sp³-hybridized carbons (Fsp3) is 0.500. The number of Topliss-reactive ketones (excluding diaryl/α,β-unsaturated/α-hetero) is 1. The molecule has 2 aromatic rings. The highest BCUT2D eigenvalue weighted by molar-refractivity contribution is 5.99. The molecule has 0 spiro atoms. The number of ketones is 1. The lowest BCUT2D eigenvalue weighted by Crippen LogP contribution is -2.11. The van der Waals surface area contributed by atoms with E-state index in [2.05, 4.69) is 6.92 Å². The minimum atomic E-state index is -1.00. The van der Waals surface area contributed by atoms with Gasteiger partial charge in [0.1, 0.15) is 0 Å². The lowest BCUT2D eigenvalue weighted by atomic mass is 9.99. The zero-order valence-corrected chi connectivity index (χ0v) is 22.0. The predicted molar refractivity (Wildman–Crippen MR) is 144 cm³/mol. The molecule has 0 radical (unpaired) electrons. The van der Waals surface area contributed by atoms with Gasteiger partial charge in [0.2, 0.25) is 0 Å². The molecule has 0 aliphatic heterocycles. The molecule has 1 aromatic heterocycles. The van der Waals surface area contributed by atoms with Crippen molar-refractivity contribution in [3.63, 3.8) is 0 Å². The zero-order valence-electron chi connectivity index (χ0n) is 22.0. The normalized spacial score (nSPS) is 11.3. The van der Waals surface area contributed by atoms with Crippen molar-refractivity contribution in [1.29, 1.82) is 0 Å². The zero-order chi connectivity index (χ0) is 26.5. The third-order valence-electron chi connectivity index (χ3n) is 6.74. The third kappa shape index (κ3) is 9.14. The van der Waals surface area contributed by atoms with Crippen LogP contribution in [0, 0.1) is 13.8 Å². The summed E-state index contributed by atoms with van der Waals surface area (Å²) in [5.74, 6) is -1.84. The molecule has 1 heterocycles. The Hall–Kier alpha value is -3.15. The number of aliphatic carboxylic acids is 2. The fourth-order valence-electron chi connectivity index (χ4n) is 4.76. The lowest BCUT2D eigenvalue weighted by Gasteiger charge is -2.12. The second-order valence-corrected chi connectivity index (χ2v) is 9.60. The van der Waals surface area contributed by atoms with Crippen LogP contribution in [0.4, 0.5) is 0 Å². The van der Waals surface area contributed by atoms with E-state index < -0.39 is 11.9 Å². The van der Waals surface area contributed by atoms with E-state index in [1.54, 1.807) is 0 Å². The lowest BCUT2D eigenvalue weighted by molar-refractivity contribution is -0.136. The molecular formula is C30H41NO5. The molecule has 0 atom stereocenters. The summed E-state index contributed by atoms with van der Waals surface area (Å²) in [6.07, 6.45) is 13.7. The van der Waals surface area contributed by atoms with Crippen molar-refractivity contribution < 1.29 is 24.6 Å². The van der Waals surface area contributed by atoms with Gasteiger partial charge in [-0.25, -0.2) is 4.79 Å². The van der Waals surface area contributed by atoms with E-state index in [0.29, 0.717) is 24.2 Å². The molecule has 196 valence electrons. The number of carbonyl (C=O) groups excluding carboxylic acids is 1. The van der Waals surface area contributed by atoms with Crippen molar-refractivity contribution in [3.8, 4) is 0 Å². The average Bonchev–Trinajstić information content (AvgIpc) is 3.06. The molecule has 0 bridgehead atoms. The molecule has 0 aliphatic carbocycles. The van der Waals surface area contributed by atoms with Crippen LogP contribution >= 0.6 is 0 Å². The number of benzene rings is 1. The summed E-state index contributed by atoms with van der Waals surface area (Å²) in [4.78, 5) is 35.5. The minimum absolute atomic E-state index is 0.0903. The summed E-state index contributed by atoms with van der Waals surface area (Å²) in [5.41, 5.74) is 4.60. The van der Waals surface area contributed by atoms with Gasteiger partial charge >= 0.3 is 11.9 Å². The summed E-state index contributed by atoms with van der Waals surface area (Å²) >= 11 is 0. The maximum Gasteiger partial charge on any atom is 0.328 e. The van der Waals surface area contributed by atoms with E-state index in [9.17, 15) is 19.5 Å². The summed E-state index contributed by atoms with van der Waals surface area (Å²) in [6.45, 7) is 6.42. The number of hydrogen-bond donors (Lipinski definition) is 2. The Morgan fingerprint density at radius 1 is 0.861 bits per heavy atom. The smallest absolute Gasteiger partial charge is 0.328 e. The van der Waals surface area contributed by atoms with Crippen LogP contribution in [0.25, 0.3) is 6.08 Å². The number of unbranched alkanes of at least 4 members (excludes halogenated alkanes) is 8. The molecule has 0 aliphatic rings. The summed E-state index contributed by atoms with van der Waals surface area (Å²) in [6, 6.07) is 7.44. The average molecular weight is 496 g/mol. The van der Waals surface area contributed by atoms with Crippen LogP contribution in [0.5, 0.6) is 0 Å². The first-order valence-corrected chi connectivity index (χ1v) is 13.2. The Bertz CT molecular complexity index is 1050. The Morgan fingerprint density at radius 3 is 2.00 bits per heavy atom. The second-order valence-electron chi connectivity index (χ2n) is 9.60. The van der Waals surface area contributed by atoms with E-state index in [-0.39, 0.29) is 12.2 Å². The van der Waals surface area contributed by atoms with Crippen LogP contribution in [0.1, 0.15) is 110 Å². The van der Waals surface area contributed by atoms with Gasteiger partial charge < -0.3 is 14.8 Å². The van der Waals surface area contributed by atoms with E-state index in [4.69, 9.17) is 5.11 Å². The molecule has 6 heteroatoms. The molecule has 2 N–H and O–H groups in total. The van der Waals surface area contributed by atoms with Gasteiger partial charge in [-0.3, -0.25) is 9.59 Å². The number of carbonyl (C=O) groups is 3. The molecule has 36 heavy (non-hydrogen) atoms. The number of nitrogens with zero attached hydrogens (tertiary/aromatic N) is 1. The summed E-state index contributed by atoms with van der Waals surface area (Å²) in [7, 11) is 0. The van der Waals surface area contributed by atoms with E-state index in [1.165, 1.54) is 44.6 Å². The molecule has 0 amide bonds. The largest absolute Gasteiger partial charge is 0.481 e. The van der Waals surface area contributed by atoms with Crippen LogP contribution in [0.3, 0.4) is 0 Å². The van der Waals surface area contributed by atoms with Gasteiger partial charge in [-0.15, -0.1) is 0 Å². The molecule has 0 saturated heterocycles. The highest BCUT2D eigenvalue weighted by Gasteiger charge is 2.23. The minimum Gasteiger partial charge on any atom is -0.481 e. The van der Waals surface area contributed by atoms with Crippen molar-refractivity contribution in [2.75, 3.05) is 0 Å². The first kappa shape index (κ1) is 29.1. The SMILES string of the molecule is CCCCCCCCCCCC(=O)c1c(C)c(CC(=O)O)n(Cc2ccc(C=CC(=O)O)cc2)c1C. The molecule has 0 unspecified atom stereocenters. The predicted octanol–water partition coefficient (Wildman–Crippen LogP) is 6.98. The Balaban J connectivity index is 2.07. The monoisotopic (exact) mass is 495 g/mol. The molecule has 6 nitrogen and oxygen atoms in total. The first-order valence-electron chi connectivity index (χ1n) is 13.2. The van der Waals surface area contributed by atoms with Gasteiger partial charge in [0.25, 0.3) is 0 Å². The first-order chi connectivity index (χ1) is 17.2. The van der Waals surface area contributed by atoms with Crippen molar-refractivity contribution in [3.05, 3.63) is 64.0 Å². The van der Waals surface area contributed by atoms with Gasteiger partial charge in [0, 0.05) is 36.0 Å². The second kappa shape index (κ2) is 15.1. The fourth-order valence-corrected chi connectivity index (χ4v) is 4.76. The maximum atomic E-state index is 13.2. The van der Waals surface area contributed by atoms with Crippen LogP contribution in [0.2, 0.25) is 0 Å². The van der Waals surface area contributed by atoms with Crippen molar-refractivity contribution >= 4 is 23.8 Å². The summed E-state index contributed by atoms with van der Waals surface area (Å²) in [5, 5.41) is 18.3. The molecule has 2 rings (SSSR count). The highest BCUT2D eigenvalue weighted by Crippen LogP contribution is 2.26. The van der Waals surface area contributed by atoms with Crippen LogP contribution < -0.4 is 0 Å². The molecule has 1 aromatic carbocycles. The number of rotatable bonds is 17. The van der Waals surface area contributed by atoms with Crippen LogP contribution in [0.15, 0.2) is 30.3 Å². The van der Waals surface area contributed by atoms with E-state index in [0.717, 1.165) is 47.7 Å². The standard InChI is InChI=1S/C30H41NO5/c1-4-5-6-7-8-9-10-11-12-13-27(32)30-22(2)26(20-29(35)36)31(23(30)3)21-25-16-14-24(15-17-25)18-19-28(33)34/h14-19H,4-13,20-21H2,1-3H3,(H,33,34)(H,35,36). The van der Waals surface area contributed by atoms with Gasteiger partial charge in [-0.05, 0) is 43.0 Å². The molecular weight excluding hydrogens is 454 g/mol. The number of carboxylic acids is 2. The van der Waals surface area contributed by atoms with Crippen molar-refractivity contribution in [1.82, 2.24) is 4.57 Å². The molecule has 0 fully saturated rings. The number of aromatic nitrogens is 1. The Kier molecular flexibility index (Phi) is 12.2. The van der Waals surface area contributed by atoms with Crippen molar-refractivity contribution in [2.24, 2.45) is 0 Å². The summed E-state index contributed by atoms with van der Waals surface area (Å²) < 4.78 is 1.94. The Morgan fingerprint density at radius 2 is 1.44 bits per heavy atom. The van der Waals surface area contributed by atoms with Crippen molar-refractivity contribution in [2.45, 2.75) is 97.9 Å². The molecule has 0 saturated carbocycles. The maximum absolute atomic E-state index is 13.2. The number of hydrogen-bond acceptors (Lipinski definition) is 3. The Labute approximate surface area is 215 Å². The van der Waals surface area contributed by atoms with E-state index >= 15 is 0 Å². The third-order valence-corrected chi connectivity index (χ3v) is 6.74. The van der Waals surface area contributed by atoms with Gasteiger partial charge in [-0.2, -0.15) is 0 Å². The highest BCUT2D eigenvalue weighted by atomic mass is 16.4. The van der Waals surface area contributed by atoms with Gasteiger partial charge in [-0.1, -0.05) is 82.6 Å². The number of carboxylic acid groups (broad SMARTS) is 2. The van der Waals surface area contributed by atoms with Gasteiger partial charge in [0.15, 0.2) is 5.78 Å². The van der Waals surface area contributed by atoms with Crippen LogP contribution in [-0.2, 0) is 22.6 Å². The van der Waals surface area contributed by atoms with Crippen LogP contribution in [-0.4, -0.2) is 32.5 Å². The van der Waals surface area contributed by atoms with Gasteiger partial charge in [0.05, 0.1) is 6.42 Å². The quantitative estimate of drug-likeness (QED) is 0.140. The topological polar surface area (TPSA) is 96.6 Å². The van der Waals surface area contributed by atoms with E-state index in [1.807, 2.05) is 42.7 Å².